The molecular weight excluding hydrogens is 559 g/mol. The summed E-state index contributed by atoms with van der Waals surface area (Å²) in [5.41, 5.74) is -2.36. The molecule has 2 aromatic rings. The van der Waals surface area contributed by atoms with Gasteiger partial charge in [-0.15, -0.1) is 0 Å². The SMILES string of the molecule is CNN(Cc1cc(C(F)(F)F)cc(C(F)(F)F)c1)C1CCCN(C(=O)OC(C)C)c2cc(C(F)(F)F)c(C)nc21. The Kier molecular flexibility index (Phi) is 8.99. The molecule has 3 rings (SSSR count). The molecule has 1 N–H and O–H groups in total. The van der Waals surface area contributed by atoms with E-state index in [1.165, 1.54) is 12.1 Å². The predicted molar refractivity (Wildman–Crippen MR) is 126 cm³/mol. The lowest BCUT2D eigenvalue weighted by molar-refractivity contribution is -0.143. The summed E-state index contributed by atoms with van der Waals surface area (Å²) in [5.74, 6) is 0. The molecule has 1 aliphatic heterocycles. The molecule has 1 aromatic heterocycles. The van der Waals surface area contributed by atoms with E-state index in [0.29, 0.717) is 12.1 Å². The summed E-state index contributed by atoms with van der Waals surface area (Å²) >= 11 is 0. The van der Waals surface area contributed by atoms with Crippen LogP contribution in [0.25, 0.3) is 0 Å². The Morgan fingerprint density at radius 3 is 2.08 bits per heavy atom. The molecular formula is C25H27F9N4O2. The number of carbonyl (C=O) groups excluding carboxylic acids is 1. The minimum Gasteiger partial charge on any atom is -0.446 e. The highest BCUT2D eigenvalue weighted by atomic mass is 19.4. The number of hydrogen-bond donors (Lipinski definition) is 1. The Morgan fingerprint density at radius 2 is 1.60 bits per heavy atom. The molecule has 15 heteroatoms. The van der Waals surface area contributed by atoms with Gasteiger partial charge in [0.1, 0.15) is 0 Å². The standard InChI is InChI=1S/C25H27F9N4O2/c1-13(2)40-22(39)37-7-5-6-19(21-20(37)11-18(14(3)36-21)25(32,33)34)38(35-4)12-15-8-16(23(26,27)28)10-17(9-15)24(29,30)31/h8-11,13,19,35H,5-7,12H2,1-4H3. The van der Waals surface area contributed by atoms with E-state index in [2.05, 4.69) is 10.4 Å². The highest BCUT2D eigenvalue weighted by molar-refractivity contribution is 5.89. The number of halogens is 9. The molecule has 1 aromatic carbocycles. The number of nitrogens with zero attached hydrogens (tertiary/aromatic N) is 3. The number of aromatic nitrogens is 1. The van der Waals surface area contributed by atoms with Gasteiger partial charge >= 0.3 is 24.6 Å². The molecule has 40 heavy (non-hydrogen) atoms. The minimum atomic E-state index is -5.06. The molecule has 0 saturated heterocycles. The first-order valence-electron chi connectivity index (χ1n) is 12.1. The summed E-state index contributed by atoms with van der Waals surface area (Å²) < 4.78 is 127. The molecule has 1 aliphatic rings. The van der Waals surface area contributed by atoms with Gasteiger partial charge in [0, 0.05) is 13.1 Å². The second kappa shape index (κ2) is 11.4. The van der Waals surface area contributed by atoms with Crippen molar-refractivity contribution in [3.63, 3.8) is 0 Å². The molecule has 0 fully saturated rings. The molecule has 6 nitrogen and oxygen atoms in total. The van der Waals surface area contributed by atoms with Crippen molar-refractivity contribution in [3.8, 4) is 0 Å². The number of ether oxygens (including phenoxy) is 1. The van der Waals surface area contributed by atoms with Gasteiger partial charge in [0.2, 0.25) is 0 Å². The fourth-order valence-corrected chi connectivity index (χ4v) is 4.47. The third-order valence-electron chi connectivity index (χ3n) is 6.21. The van der Waals surface area contributed by atoms with Crippen LogP contribution in [0.15, 0.2) is 24.3 Å². The topological polar surface area (TPSA) is 57.7 Å². The van der Waals surface area contributed by atoms with Crippen LogP contribution in [0.1, 0.15) is 66.4 Å². The van der Waals surface area contributed by atoms with Crippen LogP contribution >= 0.6 is 0 Å². The Bertz CT molecular complexity index is 1190. The van der Waals surface area contributed by atoms with Gasteiger partial charge in [0.15, 0.2) is 0 Å². The van der Waals surface area contributed by atoms with Crippen molar-refractivity contribution < 1.29 is 49.0 Å². The molecule has 0 saturated carbocycles. The van der Waals surface area contributed by atoms with Crippen LogP contribution in [0.2, 0.25) is 0 Å². The van der Waals surface area contributed by atoms with E-state index in [4.69, 9.17) is 4.74 Å². The van der Waals surface area contributed by atoms with Crippen molar-refractivity contribution in [2.24, 2.45) is 0 Å². The van der Waals surface area contributed by atoms with Gasteiger partial charge < -0.3 is 4.74 Å². The van der Waals surface area contributed by atoms with Crippen molar-refractivity contribution in [2.75, 3.05) is 18.5 Å². The van der Waals surface area contributed by atoms with Crippen molar-refractivity contribution in [1.29, 1.82) is 0 Å². The van der Waals surface area contributed by atoms with E-state index in [1.807, 2.05) is 0 Å². The van der Waals surface area contributed by atoms with Crippen LogP contribution in [-0.4, -0.2) is 35.8 Å². The summed E-state index contributed by atoms with van der Waals surface area (Å²) in [7, 11) is 1.37. The number of hydrazine groups is 1. The van der Waals surface area contributed by atoms with Crippen LogP contribution in [0.3, 0.4) is 0 Å². The van der Waals surface area contributed by atoms with Gasteiger partial charge in [-0.05, 0) is 70.5 Å². The average Bonchev–Trinajstić information content (AvgIpc) is 2.99. The summed E-state index contributed by atoms with van der Waals surface area (Å²) in [6.45, 7) is 3.68. The summed E-state index contributed by atoms with van der Waals surface area (Å²) in [6, 6.07) is 0.999. The Morgan fingerprint density at radius 1 is 1.02 bits per heavy atom. The predicted octanol–water partition coefficient (Wildman–Crippen LogP) is 7.27. The van der Waals surface area contributed by atoms with Gasteiger partial charge in [0.25, 0.3) is 0 Å². The maximum atomic E-state index is 13.8. The lowest BCUT2D eigenvalue weighted by Gasteiger charge is -2.32. The second-order valence-corrected chi connectivity index (χ2v) is 9.53. The second-order valence-electron chi connectivity index (χ2n) is 9.53. The first kappa shape index (κ1) is 31.5. The zero-order valence-corrected chi connectivity index (χ0v) is 21.9. The fourth-order valence-electron chi connectivity index (χ4n) is 4.47. The molecule has 0 spiro atoms. The zero-order chi connectivity index (χ0) is 30.2. The maximum Gasteiger partial charge on any atom is 0.418 e. The molecule has 0 aliphatic carbocycles. The fraction of sp³-hybridized carbons (Fsp3) is 0.520. The number of anilines is 1. The first-order valence-corrected chi connectivity index (χ1v) is 12.1. The minimum absolute atomic E-state index is 0.00988. The molecule has 1 atom stereocenters. The maximum absolute atomic E-state index is 13.8. The number of hydrogen-bond acceptors (Lipinski definition) is 5. The molecule has 0 radical (unpaired) electrons. The smallest absolute Gasteiger partial charge is 0.418 e. The molecule has 2 heterocycles. The van der Waals surface area contributed by atoms with E-state index in [0.717, 1.165) is 17.9 Å². The third-order valence-corrected chi connectivity index (χ3v) is 6.21. The van der Waals surface area contributed by atoms with E-state index in [9.17, 15) is 44.3 Å². The monoisotopic (exact) mass is 586 g/mol. The number of pyridine rings is 1. The van der Waals surface area contributed by atoms with Gasteiger partial charge in [0.05, 0.1) is 45.9 Å². The van der Waals surface area contributed by atoms with Crippen molar-refractivity contribution >= 4 is 11.8 Å². The van der Waals surface area contributed by atoms with E-state index < -0.39 is 65.7 Å². The number of nitrogens with one attached hydrogen (secondary N) is 1. The molecule has 222 valence electrons. The highest BCUT2D eigenvalue weighted by Crippen LogP contribution is 2.42. The number of aryl methyl sites for hydroxylation is 1. The van der Waals surface area contributed by atoms with Gasteiger partial charge in [-0.2, -0.15) is 39.5 Å². The Balaban J connectivity index is 2.14. The molecule has 1 amide bonds. The highest BCUT2D eigenvalue weighted by Gasteiger charge is 2.40. The van der Waals surface area contributed by atoms with E-state index in [1.54, 1.807) is 13.8 Å². The number of rotatable bonds is 5. The van der Waals surface area contributed by atoms with Crippen LogP contribution in [0.5, 0.6) is 0 Å². The van der Waals surface area contributed by atoms with Crippen LogP contribution < -0.4 is 10.3 Å². The lowest BCUT2D eigenvalue weighted by atomic mass is 10.0. The van der Waals surface area contributed by atoms with Crippen molar-refractivity contribution in [1.82, 2.24) is 15.4 Å². The number of fused-ring (bicyclic) bond motifs is 1. The molecule has 1 unspecified atom stereocenters. The van der Waals surface area contributed by atoms with Crippen molar-refractivity contribution in [2.45, 2.75) is 70.8 Å². The van der Waals surface area contributed by atoms with Gasteiger partial charge in [-0.3, -0.25) is 15.3 Å². The quantitative estimate of drug-likeness (QED) is 0.295. The summed E-state index contributed by atoms with van der Waals surface area (Å²) in [6.07, 6.45) is -16.1. The number of carbonyl (C=O) groups is 1. The number of benzene rings is 1. The number of alkyl halides is 9. The van der Waals surface area contributed by atoms with Crippen LogP contribution in [0, 0.1) is 6.92 Å². The van der Waals surface area contributed by atoms with E-state index >= 15 is 0 Å². The lowest BCUT2D eigenvalue weighted by Crippen LogP contribution is -2.39. The zero-order valence-electron chi connectivity index (χ0n) is 21.9. The first-order chi connectivity index (χ1) is 18.3. The average molecular weight is 586 g/mol. The van der Waals surface area contributed by atoms with Crippen LogP contribution in [-0.2, 0) is 29.8 Å². The number of amides is 1. The van der Waals surface area contributed by atoms with E-state index in [-0.39, 0.29) is 42.4 Å². The van der Waals surface area contributed by atoms with Crippen LogP contribution in [0.4, 0.5) is 50.0 Å². The summed E-state index contributed by atoms with van der Waals surface area (Å²) in [4.78, 5) is 18.0. The Labute approximate surface area is 224 Å². The van der Waals surface area contributed by atoms with Gasteiger partial charge in [-0.1, -0.05) is 0 Å². The Hall–Kier alpha value is -3.07. The van der Waals surface area contributed by atoms with Gasteiger partial charge in [-0.25, -0.2) is 9.80 Å². The normalized spacial score (nSPS) is 16.8. The largest absolute Gasteiger partial charge is 0.446 e. The molecule has 0 bridgehead atoms. The summed E-state index contributed by atoms with van der Waals surface area (Å²) in [5, 5.41) is 1.28. The third kappa shape index (κ3) is 7.16. The van der Waals surface area contributed by atoms with Crippen molar-refractivity contribution in [3.05, 3.63) is 57.9 Å².